The minimum Gasteiger partial charge on any atom is -0.321 e. The molecule has 0 saturated carbocycles. The van der Waals surface area contributed by atoms with Crippen molar-refractivity contribution in [3.05, 3.63) is 84.4 Å². The monoisotopic (exact) mass is 412 g/mol. The largest absolute Gasteiger partial charge is 0.321 e. The Hall–Kier alpha value is -2.77. The third-order valence-electron chi connectivity index (χ3n) is 3.89. The van der Waals surface area contributed by atoms with Crippen molar-refractivity contribution in [3.8, 4) is 0 Å². The summed E-state index contributed by atoms with van der Waals surface area (Å²) in [4.78, 5) is 13.7. The van der Waals surface area contributed by atoms with Crippen molar-refractivity contribution in [2.24, 2.45) is 0 Å². The highest BCUT2D eigenvalue weighted by Crippen LogP contribution is 2.27. The minimum absolute atomic E-state index is 0.182. The second-order valence-corrected chi connectivity index (χ2v) is 8.87. The Morgan fingerprint density at radius 1 is 0.893 bits per heavy atom. The molecule has 1 amide bonds. The highest BCUT2D eigenvalue weighted by atomic mass is 32.2. The number of hydrogen-bond donors (Lipinski definition) is 2. The van der Waals surface area contributed by atoms with Crippen molar-refractivity contribution in [1.82, 2.24) is 0 Å². The van der Waals surface area contributed by atoms with Gasteiger partial charge >= 0.3 is 0 Å². The number of hydrogen-bond acceptors (Lipinski definition) is 4. The zero-order valence-corrected chi connectivity index (χ0v) is 16.9. The standard InChI is InChI=1S/C21H20N2O3S2/c1-2-27-20-11-7-6-10-19(20)22-21(24)16-12-14-17(15-13-16)23-28(25,26)18-8-4-3-5-9-18/h3-15,23H,2H2,1H3,(H,22,24). The van der Waals surface area contributed by atoms with Gasteiger partial charge in [-0.15, -0.1) is 11.8 Å². The molecule has 0 aliphatic rings. The maximum Gasteiger partial charge on any atom is 0.261 e. The van der Waals surface area contributed by atoms with Gasteiger partial charge in [-0.2, -0.15) is 0 Å². The van der Waals surface area contributed by atoms with Crippen molar-refractivity contribution in [3.63, 3.8) is 0 Å². The number of carbonyl (C=O) groups excluding carboxylic acids is 1. The summed E-state index contributed by atoms with van der Waals surface area (Å²) in [6.45, 7) is 2.05. The lowest BCUT2D eigenvalue weighted by molar-refractivity contribution is 0.102. The van der Waals surface area contributed by atoms with Gasteiger partial charge in [-0.25, -0.2) is 8.42 Å². The first kappa shape index (κ1) is 20.0. The lowest BCUT2D eigenvalue weighted by Crippen LogP contribution is -2.14. The first-order valence-corrected chi connectivity index (χ1v) is 11.2. The molecule has 0 aliphatic carbocycles. The van der Waals surface area contributed by atoms with Gasteiger partial charge in [0.25, 0.3) is 15.9 Å². The molecule has 28 heavy (non-hydrogen) atoms. The maximum atomic E-state index is 12.5. The Morgan fingerprint density at radius 2 is 1.54 bits per heavy atom. The number of sulfonamides is 1. The molecule has 0 fully saturated rings. The average molecular weight is 413 g/mol. The fraction of sp³-hybridized carbons (Fsp3) is 0.0952. The van der Waals surface area contributed by atoms with Crippen LogP contribution in [0.2, 0.25) is 0 Å². The van der Waals surface area contributed by atoms with Crippen LogP contribution in [-0.4, -0.2) is 20.1 Å². The average Bonchev–Trinajstić information content (AvgIpc) is 2.70. The van der Waals surface area contributed by atoms with E-state index in [2.05, 4.69) is 17.0 Å². The molecular weight excluding hydrogens is 392 g/mol. The van der Waals surface area contributed by atoms with Gasteiger partial charge < -0.3 is 5.32 Å². The van der Waals surface area contributed by atoms with Crippen LogP contribution in [-0.2, 0) is 10.0 Å². The molecule has 5 nitrogen and oxygen atoms in total. The number of nitrogens with one attached hydrogen (secondary N) is 2. The Morgan fingerprint density at radius 3 is 2.21 bits per heavy atom. The van der Waals surface area contributed by atoms with Crippen LogP contribution in [0.4, 0.5) is 11.4 Å². The quantitative estimate of drug-likeness (QED) is 0.544. The number of anilines is 2. The molecule has 0 radical (unpaired) electrons. The van der Waals surface area contributed by atoms with Gasteiger partial charge in [0.2, 0.25) is 0 Å². The fourth-order valence-electron chi connectivity index (χ4n) is 2.55. The zero-order chi connectivity index (χ0) is 20.0. The molecule has 2 N–H and O–H groups in total. The second-order valence-electron chi connectivity index (χ2n) is 5.88. The zero-order valence-electron chi connectivity index (χ0n) is 15.3. The van der Waals surface area contributed by atoms with Crippen molar-refractivity contribution in [2.45, 2.75) is 16.7 Å². The number of thioether (sulfide) groups is 1. The van der Waals surface area contributed by atoms with Gasteiger partial charge in [-0.1, -0.05) is 37.3 Å². The lowest BCUT2D eigenvalue weighted by atomic mass is 10.2. The predicted octanol–water partition coefficient (Wildman–Crippen LogP) is 4.85. The second kappa shape index (κ2) is 8.95. The number of para-hydroxylation sites is 1. The molecule has 0 bridgehead atoms. The van der Waals surface area contributed by atoms with Crippen LogP contribution >= 0.6 is 11.8 Å². The van der Waals surface area contributed by atoms with Gasteiger partial charge in [0.15, 0.2) is 0 Å². The smallest absolute Gasteiger partial charge is 0.261 e. The van der Waals surface area contributed by atoms with Crippen LogP contribution in [0.1, 0.15) is 17.3 Å². The molecule has 3 aromatic carbocycles. The van der Waals surface area contributed by atoms with E-state index in [1.807, 2.05) is 24.3 Å². The fourth-order valence-corrected chi connectivity index (χ4v) is 4.39. The number of rotatable bonds is 7. The van der Waals surface area contributed by atoms with Gasteiger partial charge in [0.05, 0.1) is 10.6 Å². The molecule has 0 aromatic heterocycles. The Balaban J connectivity index is 1.72. The summed E-state index contributed by atoms with van der Waals surface area (Å²) in [7, 11) is -3.66. The number of benzene rings is 3. The van der Waals surface area contributed by atoms with Crippen LogP contribution < -0.4 is 10.0 Å². The van der Waals surface area contributed by atoms with Crippen molar-refractivity contribution in [2.75, 3.05) is 15.8 Å². The first-order valence-electron chi connectivity index (χ1n) is 8.71. The van der Waals surface area contributed by atoms with Gasteiger partial charge in [-0.3, -0.25) is 9.52 Å². The molecular formula is C21H20N2O3S2. The molecule has 0 saturated heterocycles. The van der Waals surface area contributed by atoms with Crippen LogP contribution in [0.5, 0.6) is 0 Å². The van der Waals surface area contributed by atoms with Crippen molar-refractivity contribution in [1.29, 1.82) is 0 Å². The van der Waals surface area contributed by atoms with Crippen LogP contribution in [0.3, 0.4) is 0 Å². The Labute approximate surface area is 169 Å². The summed E-state index contributed by atoms with van der Waals surface area (Å²) in [6.07, 6.45) is 0. The van der Waals surface area contributed by atoms with Crippen LogP contribution in [0.25, 0.3) is 0 Å². The van der Waals surface area contributed by atoms with Crippen molar-refractivity contribution >= 4 is 39.1 Å². The third-order valence-corrected chi connectivity index (χ3v) is 6.24. The summed E-state index contributed by atoms with van der Waals surface area (Å²) >= 11 is 1.65. The molecule has 3 aromatic rings. The van der Waals surface area contributed by atoms with E-state index in [4.69, 9.17) is 0 Å². The Kier molecular flexibility index (Phi) is 6.38. The first-order chi connectivity index (χ1) is 13.5. The van der Waals surface area contributed by atoms with E-state index in [0.717, 1.165) is 16.3 Å². The van der Waals surface area contributed by atoms with Gasteiger partial charge in [-0.05, 0) is 54.3 Å². The minimum atomic E-state index is -3.66. The van der Waals surface area contributed by atoms with E-state index in [0.29, 0.717) is 11.3 Å². The molecule has 0 aliphatic heterocycles. The molecule has 0 spiro atoms. The van der Waals surface area contributed by atoms with E-state index < -0.39 is 10.0 Å². The van der Waals surface area contributed by atoms with Gasteiger partial charge in [0.1, 0.15) is 0 Å². The molecule has 0 unspecified atom stereocenters. The normalized spacial score (nSPS) is 11.0. The predicted molar refractivity (Wildman–Crippen MR) is 114 cm³/mol. The molecule has 0 atom stereocenters. The summed E-state index contributed by atoms with van der Waals surface area (Å²) in [5.41, 5.74) is 1.59. The molecule has 0 heterocycles. The van der Waals surface area contributed by atoms with Crippen LogP contribution in [0.15, 0.2) is 88.7 Å². The topological polar surface area (TPSA) is 75.3 Å². The van der Waals surface area contributed by atoms with E-state index in [1.165, 1.54) is 12.1 Å². The molecule has 144 valence electrons. The van der Waals surface area contributed by atoms with E-state index in [-0.39, 0.29) is 10.8 Å². The van der Waals surface area contributed by atoms with Crippen LogP contribution in [0, 0.1) is 0 Å². The maximum absolute atomic E-state index is 12.5. The Bertz CT molecular complexity index is 1050. The van der Waals surface area contributed by atoms with E-state index in [9.17, 15) is 13.2 Å². The number of amides is 1. The highest BCUT2D eigenvalue weighted by molar-refractivity contribution is 7.99. The summed E-state index contributed by atoms with van der Waals surface area (Å²) < 4.78 is 27.2. The molecule has 7 heteroatoms. The van der Waals surface area contributed by atoms with E-state index in [1.54, 1.807) is 54.2 Å². The lowest BCUT2D eigenvalue weighted by Gasteiger charge is -2.11. The van der Waals surface area contributed by atoms with Crippen molar-refractivity contribution < 1.29 is 13.2 Å². The summed E-state index contributed by atoms with van der Waals surface area (Å²) in [5.74, 6) is 0.657. The summed E-state index contributed by atoms with van der Waals surface area (Å²) in [5, 5.41) is 2.91. The number of carbonyl (C=O) groups is 1. The highest BCUT2D eigenvalue weighted by Gasteiger charge is 2.14. The SMILES string of the molecule is CCSc1ccccc1NC(=O)c1ccc(NS(=O)(=O)c2ccccc2)cc1. The summed E-state index contributed by atoms with van der Waals surface area (Å²) in [6, 6.07) is 22.1. The van der Waals surface area contributed by atoms with E-state index >= 15 is 0 Å². The molecule has 3 rings (SSSR count). The van der Waals surface area contributed by atoms with Gasteiger partial charge in [0, 0.05) is 16.1 Å². The third kappa shape index (κ3) is 4.94.